The normalized spacial score (nSPS) is 10.8. The molecule has 0 aromatic carbocycles. The summed E-state index contributed by atoms with van der Waals surface area (Å²) in [5, 5.41) is 2.87. The summed E-state index contributed by atoms with van der Waals surface area (Å²) in [7, 11) is 0. The number of hydrogen-bond donors (Lipinski definition) is 2. The van der Waals surface area contributed by atoms with Crippen molar-refractivity contribution in [3.63, 3.8) is 0 Å². The van der Waals surface area contributed by atoms with Crippen molar-refractivity contribution in [2.75, 3.05) is 26.3 Å². The molecule has 3 N–H and O–H groups in total. The largest absolute Gasteiger partial charge is 0.381 e. The molecular formula is C12H26N2O2. The second kappa shape index (κ2) is 10.9. The van der Waals surface area contributed by atoms with E-state index < -0.39 is 0 Å². The van der Waals surface area contributed by atoms with Gasteiger partial charge in [-0.15, -0.1) is 0 Å². The number of ether oxygens (including phenoxy) is 1. The Morgan fingerprint density at radius 1 is 1.31 bits per heavy atom. The maximum atomic E-state index is 11.3. The highest BCUT2D eigenvalue weighted by Gasteiger charge is 1.99. The van der Waals surface area contributed by atoms with Gasteiger partial charge in [0.2, 0.25) is 5.91 Å². The van der Waals surface area contributed by atoms with Gasteiger partial charge in [0, 0.05) is 26.2 Å². The minimum absolute atomic E-state index is 0.123. The fourth-order valence-corrected chi connectivity index (χ4v) is 1.24. The van der Waals surface area contributed by atoms with Crippen LogP contribution in [-0.2, 0) is 9.53 Å². The summed E-state index contributed by atoms with van der Waals surface area (Å²) < 4.78 is 5.41. The van der Waals surface area contributed by atoms with E-state index in [4.69, 9.17) is 10.5 Å². The second-order valence-electron chi connectivity index (χ2n) is 4.42. The van der Waals surface area contributed by atoms with Crippen LogP contribution >= 0.6 is 0 Å². The van der Waals surface area contributed by atoms with Crippen molar-refractivity contribution in [2.24, 2.45) is 11.7 Å². The van der Waals surface area contributed by atoms with Gasteiger partial charge in [0.25, 0.3) is 0 Å². The highest BCUT2D eigenvalue weighted by Crippen LogP contribution is 1.94. The van der Waals surface area contributed by atoms with E-state index in [9.17, 15) is 4.79 Å². The molecule has 0 saturated heterocycles. The molecule has 4 nitrogen and oxygen atoms in total. The van der Waals surface area contributed by atoms with Gasteiger partial charge < -0.3 is 15.8 Å². The average molecular weight is 230 g/mol. The maximum absolute atomic E-state index is 11.3. The van der Waals surface area contributed by atoms with Gasteiger partial charge in [0.1, 0.15) is 0 Å². The van der Waals surface area contributed by atoms with E-state index in [1.807, 2.05) is 0 Å². The van der Waals surface area contributed by atoms with E-state index in [-0.39, 0.29) is 5.91 Å². The Morgan fingerprint density at radius 2 is 2.06 bits per heavy atom. The number of carbonyl (C=O) groups excluding carboxylic acids is 1. The van der Waals surface area contributed by atoms with Gasteiger partial charge in [0.05, 0.1) is 0 Å². The molecule has 96 valence electrons. The zero-order valence-corrected chi connectivity index (χ0v) is 10.6. The lowest BCUT2D eigenvalue weighted by Crippen LogP contribution is -2.25. The van der Waals surface area contributed by atoms with E-state index in [0.717, 1.165) is 32.5 Å². The Labute approximate surface area is 98.9 Å². The van der Waals surface area contributed by atoms with Crippen LogP contribution in [-0.4, -0.2) is 32.2 Å². The third-order valence-electron chi connectivity index (χ3n) is 2.10. The van der Waals surface area contributed by atoms with Crippen LogP contribution in [0.15, 0.2) is 0 Å². The summed E-state index contributed by atoms with van der Waals surface area (Å²) in [5.41, 5.74) is 5.35. The van der Waals surface area contributed by atoms with Crippen molar-refractivity contribution in [3.8, 4) is 0 Å². The molecule has 1 amide bonds. The van der Waals surface area contributed by atoms with Crippen LogP contribution in [0.2, 0.25) is 0 Å². The van der Waals surface area contributed by atoms with Gasteiger partial charge in [-0.3, -0.25) is 4.79 Å². The first kappa shape index (κ1) is 15.4. The van der Waals surface area contributed by atoms with Crippen molar-refractivity contribution >= 4 is 5.91 Å². The summed E-state index contributed by atoms with van der Waals surface area (Å²) in [4.78, 5) is 11.3. The van der Waals surface area contributed by atoms with Crippen molar-refractivity contribution in [1.82, 2.24) is 5.32 Å². The Morgan fingerprint density at radius 3 is 2.69 bits per heavy atom. The molecule has 4 heteroatoms. The van der Waals surface area contributed by atoms with Gasteiger partial charge in [-0.1, -0.05) is 13.8 Å². The number of amides is 1. The van der Waals surface area contributed by atoms with Gasteiger partial charge in [-0.2, -0.15) is 0 Å². The first-order chi connectivity index (χ1) is 7.66. The summed E-state index contributed by atoms with van der Waals surface area (Å²) in [6.07, 6.45) is 3.27. The molecule has 0 atom stereocenters. The smallest absolute Gasteiger partial charge is 0.219 e. The van der Waals surface area contributed by atoms with Gasteiger partial charge in [-0.25, -0.2) is 0 Å². The Kier molecular flexibility index (Phi) is 10.5. The molecule has 16 heavy (non-hydrogen) atoms. The highest BCUT2D eigenvalue weighted by molar-refractivity contribution is 5.75. The molecule has 0 aliphatic heterocycles. The molecule has 0 spiro atoms. The molecule has 0 aliphatic rings. The minimum Gasteiger partial charge on any atom is -0.381 e. The molecule has 0 radical (unpaired) electrons. The van der Waals surface area contributed by atoms with Gasteiger partial charge in [-0.05, 0) is 31.7 Å². The van der Waals surface area contributed by atoms with E-state index >= 15 is 0 Å². The number of nitrogens with two attached hydrogens (primary N) is 1. The van der Waals surface area contributed by atoms with Crippen LogP contribution < -0.4 is 11.1 Å². The Balaban J connectivity index is 3.15. The van der Waals surface area contributed by atoms with Crippen LogP contribution in [0, 0.1) is 5.92 Å². The average Bonchev–Trinajstić information content (AvgIpc) is 2.23. The molecular weight excluding hydrogens is 204 g/mol. The molecule has 0 heterocycles. The summed E-state index contributed by atoms with van der Waals surface area (Å²) in [6, 6.07) is 0. The molecule has 0 aromatic rings. The molecule has 0 fully saturated rings. The summed E-state index contributed by atoms with van der Waals surface area (Å²) in [5.74, 6) is 0.697. The quantitative estimate of drug-likeness (QED) is 0.556. The minimum atomic E-state index is 0.123. The first-order valence-corrected chi connectivity index (χ1v) is 6.21. The lowest BCUT2D eigenvalue weighted by atomic mass is 10.2. The van der Waals surface area contributed by atoms with E-state index in [1.54, 1.807) is 0 Å². The summed E-state index contributed by atoms with van der Waals surface area (Å²) in [6.45, 7) is 7.14. The summed E-state index contributed by atoms with van der Waals surface area (Å²) >= 11 is 0. The van der Waals surface area contributed by atoms with E-state index in [0.29, 0.717) is 25.4 Å². The number of rotatable bonds is 10. The standard InChI is InChI=1S/C12H26N2O2/c1-11(2)10-16-9-5-8-14-12(15)6-3-4-7-13/h11H,3-10,13H2,1-2H3,(H,14,15). The topological polar surface area (TPSA) is 64.3 Å². The first-order valence-electron chi connectivity index (χ1n) is 6.21. The molecule has 0 aliphatic carbocycles. The number of nitrogens with one attached hydrogen (secondary N) is 1. The number of hydrogen-bond acceptors (Lipinski definition) is 3. The van der Waals surface area contributed by atoms with Gasteiger partial charge >= 0.3 is 0 Å². The second-order valence-corrected chi connectivity index (χ2v) is 4.42. The maximum Gasteiger partial charge on any atom is 0.219 e. The number of unbranched alkanes of at least 4 members (excludes halogenated alkanes) is 1. The van der Waals surface area contributed by atoms with Crippen LogP contribution in [0.3, 0.4) is 0 Å². The SMILES string of the molecule is CC(C)COCCCNC(=O)CCCCN. The van der Waals surface area contributed by atoms with Crippen molar-refractivity contribution < 1.29 is 9.53 Å². The fourth-order valence-electron chi connectivity index (χ4n) is 1.24. The number of carbonyl (C=O) groups is 1. The third kappa shape index (κ3) is 11.5. The van der Waals surface area contributed by atoms with Crippen LogP contribution in [0.5, 0.6) is 0 Å². The third-order valence-corrected chi connectivity index (χ3v) is 2.10. The van der Waals surface area contributed by atoms with Crippen LogP contribution in [0.4, 0.5) is 0 Å². The predicted molar refractivity (Wildman–Crippen MR) is 66.2 cm³/mol. The Bertz CT molecular complexity index is 172. The lowest BCUT2D eigenvalue weighted by Gasteiger charge is -2.07. The van der Waals surface area contributed by atoms with Crippen LogP contribution in [0.25, 0.3) is 0 Å². The van der Waals surface area contributed by atoms with Gasteiger partial charge in [0.15, 0.2) is 0 Å². The fraction of sp³-hybridized carbons (Fsp3) is 0.917. The van der Waals surface area contributed by atoms with Crippen molar-refractivity contribution in [1.29, 1.82) is 0 Å². The molecule has 0 saturated carbocycles. The van der Waals surface area contributed by atoms with Crippen LogP contribution in [0.1, 0.15) is 39.5 Å². The van der Waals surface area contributed by atoms with Crippen molar-refractivity contribution in [3.05, 3.63) is 0 Å². The predicted octanol–water partition coefficient (Wildman–Crippen LogP) is 1.29. The monoisotopic (exact) mass is 230 g/mol. The molecule has 0 rings (SSSR count). The molecule has 0 aromatic heterocycles. The zero-order valence-electron chi connectivity index (χ0n) is 10.6. The van der Waals surface area contributed by atoms with E-state index in [1.165, 1.54) is 0 Å². The zero-order chi connectivity index (χ0) is 12.2. The Hall–Kier alpha value is -0.610. The lowest BCUT2D eigenvalue weighted by molar-refractivity contribution is -0.121. The molecule has 0 unspecified atom stereocenters. The van der Waals surface area contributed by atoms with E-state index in [2.05, 4.69) is 19.2 Å². The van der Waals surface area contributed by atoms with Crippen molar-refractivity contribution in [2.45, 2.75) is 39.5 Å². The molecule has 0 bridgehead atoms. The highest BCUT2D eigenvalue weighted by atomic mass is 16.5.